The standard InChI is InChI=1S/C25H18N2O4S/c28-21(29)13-7-16-3-9-18(10-4-16)23-24(27-25(26-23)20-2-1-15-32-20)19-11-5-17(6-12-19)8-14-22(30)31/h1-15H,(H,26,27)(H,28,29)(H,30,31). The van der Waals surface area contributed by atoms with Crippen LogP contribution >= 0.6 is 11.3 Å². The first-order chi connectivity index (χ1) is 15.5. The number of aliphatic carboxylic acids is 2. The second-order valence-corrected chi connectivity index (χ2v) is 7.82. The van der Waals surface area contributed by atoms with E-state index >= 15 is 0 Å². The molecular weight excluding hydrogens is 424 g/mol. The molecule has 0 fully saturated rings. The van der Waals surface area contributed by atoms with Crippen molar-refractivity contribution in [2.75, 3.05) is 0 Å². The van der Waals surface area contributed by atoms with Crippen LogP contribution in [-0.2, 0) is 9.59 Å². The highest BCUT2D eigenvalue weighted by Crippen LogP contribution is 2.34. The summed E-state index contributed by atoms with van der Waals surface area (Å²) in [6.45, 7) is 0. The minimum atomic E-state index is -0.995. The van der Waals surface area contributed by atoms with Crippen LogP contribution in [0.3, 0.4) is 0 Å². The third kappa shape index (κ3) is 4.91. The van der Waals surface area contributed by atoms with Gasteiger partial charge in [0.2, 0.25) is 0 Å². The van der Waals surface area contributed by atoms with Crippen molar-refractivity contribution in [2.45, 2.75) is 0 Å². The number of imidazole rings is 1. The van der Waals surface area contributed by atoms with Gasteiger partial charge in [-0.2, -0.15) is 0 Å². The number of carboxylic acids is 2. The summed E-state index contributed by atoms with van der Waals surface area (Å²) in [6, 6.07) is 19.0. The number of nitrogens with one attached hydrogen (secondary N) is 1. The Labute approximate surface area is 187 Å². The number of nitrogens with zero attached hydrogens (tertiary/aromatic N) is 1. The second-order valence-electron chi connectivity index (χ2n) is 6.87. The number of rotatable bonds is 7. The molecular formula is C25H18N2O4S. The maximum Gasteiger partial charge on any atom is 0.328 e. The van der Waals surface area contributed by atoms with E-state index in [1.54, 1.807) is 17.4 Å². The molecule has 32 heavy (non-hydrogen) atoms. The molecule has 6 nitrogen and oxygen atoms in total. The zero-order valence-electron chi connectivity index (χ0n) is 16.7. The fourth-order valence-electron chi connectivity index (χ4n) is 3.17. The smallest absolute Gasteiger partial charge is 0.328 e. The number of carboxylic acid groups (broad SMARTS) is 2. The fourth-order valence-corrected chi connectivity index (χ4v) is 3.84. The summed E-state index contributed by atoms with van der Waals surface area (Å²) >= 11 is 1.59. The quantitative estimate of drug-likeness (QED) is 0.320. The number of aromatic nitrogens is 2. The Morgan fingerprint density at radius 2 is 1.38 bits per heavy atom. The Morgan fingerprint density at radius 1 is 0.812 bits per heavy atom. The van der Waals surface area contributed by atoms with E-state index in [1.807, 2.05) is 66.0 Å². The molecule has 0 unspecified atom stereocenters. The van der Waals surface area contributed by atoms with Crippen molar-refractivity contribution in [2.24, 2.45) is 0 Å². The molecule has 0 bridgehead atoms. The topological polar surface area (TPSA) is 103 Å². The van der Waals surface area contributed by atoms with Crippen LogP contribution in [0.4, 0.5) is 0 Å². The van der Waals surface area contributed by atoms with E-state index in [4.69, 9.17) is 15.2 Å². The average Bonchev–Trinajstić information content (AvgIpc) is 3.47. The molecule has 0 amide bonds. The highest BCUT2D eigenvalue weighted by molar-refractivity contribution is 7.13. The Balaban J connectivity index is 1.73. The van der Waals surface area contributed by atoms with Crippen molar-refractivity contribution >= 4 is 35.4 Å². The lowest BCUT2D eigenvalue weighted by molar-refractivity contribution is -0.132. The van der Waals surface area contributed by atoms with E-state index < -0.39 is 11.9 Å². The fraction of sp³-hybridized carbons (Fsp3) is 0. The van der Waals surface area contributed by atoms with Gasteiger partial charge in [0.1, 0.15) is 5.82 Å². The summed E-state index contributed by atoms with van der Waals surface area (Å²) in [5, 5.41) is 19.6. The zero-order chi connectivity index (χ0) is 22.5. The van der Waals surface area contributed by atoms with Crippen molar-refractivity contribution in [1.29, 1.82) is 0 Å². The van der Waals surface area contributed by atoms with Crippen LogP contribution in [0.1, 0.15) is 11.1 Å². The SMILES string of the molecule is O=C(O)C=Cc1ccc(-c2nc(-c3cccs3)[nH]c2-c2ccc(C=CC(=O)O)cc2)cc1. The minimum Gasteiger partial charge on any atom is -0.478 e. The molecule has 0 aliphatic rings. The monoisotopic (exact) mass is 442 g/mol. The van der Waals surface area contributed by atoms with Gasteiger partial charge < -0.3 is 15.2 Å². The third-order valence-electron chi connectivity index (χ3n) is 4.68. The molecule has 0 atom stereocenters. The van der Waals surface area contributed by atoms with Crippen molar-refractivity contribution < 1.29 is 19.8 Å². The lowest BCUT2D eigenvalue weighted by atomic mass is 10.0. The van der Waals surface area contributed by atoms with Crippen LogP contribution in [0, 0.1) is 0 Å². The summed E-state index contributed by atoms with van der Waals surface area (Å²) in [5.74, 6) is -1.23. The van der Waals surface area contributed by atoms with Crippen LogP contribution in [0.25, 0.3) is 45.4 Å². The summed E-state index contributed by atoms with van der Waals surface area (Å²) in [4.78, 5) is 30.8. The van der Waals surface area contributed by atoms with Gasteiger partial charge in [-0.15, -0.1) is 11.3 Å². The predicted octanol–water partition coefficient (Wildman–Crippen LogP) is 5.67. The first-order valence-corrected chi connectivity index (χ1v) is 10.5. The predicted molar refractivity (Wildman–Crippen MR) is 126 cm³/mol. The van der Waals surface area contributed by atoms with Gasteiger partial charge in [-0.05, 0) is 34.7 Å². The van der Waals surface area contributed by atoms with E-state index in [0.29, 0.717) is 0 Å². The lowest BCUT2D eigenvalue weighted by Gasteiger charge is -2.05. The van der Waals surface area contributed by atoms with E-state index in [2.05, 4.69) is 4.98 Å². The number of H-pyrrole nitrogens is 1. The molecule has 0 aliphatic carbocycles. The number of thiophene rings is 1. The van der Waals surface area contributed by atoms with Crippen LogP contribution in [0.2, 0.25) is 0 Å². The molecule has 4 aromatic rings. The summed E-state index contributed by atoms with van der Waals surface area (Å²) in [7, 11) is 0. The maximum absolute atomic E-state index is 10.7. The molecule has 2 aromatic carbocycles. The number of aromatic amines is 1. The molecule has 0 saturated heterocycles. The molecule has 0 saturated carbocycles. The van der Waals surface area contributed by atoms with Gasteiger partial charge in [-0.25, -0.2) is 14.6 Å². The van der Waals surface area contributed by atoms with E-state index in [0.717, 1.165) is 56.5 Å². The normalized spacial score (nSPS) is 11.4. The summed E-state index contributed by atoms with van der Waals surface area (Å²) in [5.41, 5.74) is 4.98. The van der Waals surface area contributed by atoms with Gasteiger partial charge in [0.05, 0.1) is 16.3 Å². The molecule has 3 N–H and O–H groups in total. The highest BCUT2D eigenvalue weighted by atomic mass is 32.1. The maximum atomic E-state index is 10.7. The van der Waals surface area contributed by atoms with Crippen LogP contribution in [0.15, 0.2) is 78.2 Å². The second kappa shape index (κ2) is 9.28. The molecule has 0 spiro atoms. The van der Waals surface area contributed by atoms with Crippen LogP contribution < -0.4 is 0 Å². The van der Waals surface area contributed by atoms with Gasteiger partial charge in [0.25, 0.3) is 0 Å². The zero-order valence-corrected chi connectivity index (χ0v) is 17.5. The molecule has 2 heterocycles. The van der Waals surface area contributed by atoms with Gasteiger partial charge in [0.15, 0.2) is 0 Å². The first kappa shape index (κ1) is 21.0. The summed E-state index contributed by atoms with van der Waals surface area (Å²) < 4.78 is 0. The average molecular weight is 442 g/mol. The van der Waals surface area contributed by atoms with Crippen molar-refractivity contribution in [3.8, 4) is 33.2 Å². The molecule has 2 aromatic heterocycles. The van der Waals surface area contributed by atoms with Gasteiger partial charge >= 0.3 is 11.9 Å². The Hall–Kier alpha value is -4.23. The first-order valence-electron chi connectivity index (χ1n) is 9.66. The molecule has 7 heteroatoms. The van der Waals surface area contributed by atoms with Crippen molar-refractivity contribution in [1.82, 2.24) is 9.97 Å². The largest absolute Gasteiger partial charge is 0.478 e. The Kier molecular flexibility index (Phi) is 6.10. The number of hydrogen-bond acceptors (Lipinski definition) is 4. The van der Waals surface area contributed by atoms with E-state index in [1.165, 1.54) is 6.08 Å². The van der Waals surface area contributed by atoms with Gasteiger partial charge in [-0.3, -0.25) is 0 Å². The molecule has 4 rings (SSSR count). The van der Waals surface area contributed by atoms with Gasteiger partial charge in [0, 0.05) is 23.3 Å². The van der Waals surface area contributed by atoms with E-state index in [9.17, 15) is 9.59 Å². The van der Waals surface area contributed by atoms with Gasteiger partial charge in [-0.1, -0.05) is 54.6 Å². The van der Waals surface area contributed by atoms with Crippen LogP contribution in [0.5, 0.6) is 0 Å². The molecule has 0 radical (unpaired) electrons. The molecule has 158 valence electrons. The number of hydrogen-bond donors (Lipinski definition) is 3. The lowest BCUT2D eigenvalue weighted by Crippen LogP contribution is -1.87. The Morgan fingerprint density at radius 3 is 1.88 bits per heavy atom. The van der Waals surface area contributed by atoms with Crippen molar-refractivity contribution in [3.05, 3.63) is 89.3 Å². The van der Waals surface area contributed by atoms with Crippen molar-refractivity contribution in [3.63, 3.8) is 0 Å². The summed E-state index contributed by atoms with van der Waals surface area (Å²) in [6.07, 6.45) is 5.29. The Bertz CT molecular complexity index is 1210. The third-order valence-corrected chi connectivity index (χ3v) is 5.56. The minimum absolute atomic E-state index is 0.759. The molecule has 0 aliphatic heterocycles. The highest BCUT2D eigenvalue weighted by Gasteiger charge is 2.16. The van der Waals surface area contributed by atoms with Crippen LogP contribution in [-0.4, -0.2) is 32.1 Å². The number of benzene rings is 2. The van der Waals surface area contributed by atoms with E-state index in [-0.39, 0.29) is 0 Å². The number of carbonyl (C=O) groups is 2.